The highest BCUT2D eigenvalue weighted by molar-refractivity contribution is 6.10. The fourth-order valence-corrected chi connectivity index (χ4v) is 3.78. The smallest absolute Gasteiger partial charge is 0.262 e. The Labute approximate surface area is 178 Å². The fourth-order valence-electron chi connectivity index (χ4n) is 3.78. The molecule has 6 nitrogen and oxygen atoms in total. The first-order chi connectivity index (χ1) is 14.8. The van der Waals surface area contributed by atoms with Crippen LogP contribution in [0.25, 0.3) is 0 Å². The second-order valence-corrected chi connectivity index (χ2v) is 7.45. The quantitative estimate of drug-likeness (QED) is 0.668. The molecular weight excluding hydrogens is 399 g/mol. The van der Waals surface area contributed by atoms with Crippen molar-refractivity contribution >= 4 is 23.2 Å². The molecule has 0 radical (unpaired) electrons. The summed E-state index contributed by atoms with van der Waals surface area (Å²) in [5, 5.41) is 19.5. The number of aromatic hydroxyl groups is 2. The third-order valence-corrected chi connectivity index (χ3v) is 5.40. The molecule has 2 N–H and O–H groups in total. The molecule has 1 heterocycles. The molecule has 0 spiro atoms. The molecule has 31 heavy (non-hydrogen) atoms. The number of anilines is 2. The maximum absolute atomic E-state index is 13.5. The average molecular weight is 420 g/mol. The summed E-state index contributed by atoms with van der Waals surface area (Å²) in [5.41, 5.74) is 2.50. The molecular formula is C24H21FN2O4. The molecule has 158 valence electrons. The Bertz CT molecular complexity index is 1180. The van der Waals surface area contributed by atoms with Crippen LogP contribution in [-0.4, -0.2) is 35.6 Å². The highest BCUT2D eigenvalue weighted by Gasteiger charge is 2.26. The summed E-state index contributed by atoms with van der Waals surface area (Å²) < 4.78 is 13.5. The highest BCUT2D eigenvalue weighted by atomic mass is 19.1. The Morgan fingerprint density at radius 2 is 1.84 bits per heavy atom. The van der Waals surface area contributed by atoms with Crippen LogP contribution in [0.5, 0.6) is 11.5 Å². The molecule has 1 aliphatic rings. The van der Waals surface area contributed by atoms with E-state index in [2.05, 4.69) is 0 Å². The molecule has 0 unspecified atom stereocenters. The molecule has 3 aromatic rings. The van der Waals surface area contributed by atoms with Gasteiger partial charge in [-0.15, -0.1) is 0 Å². The molecule has 7 heteroatoms. The van der Waals surface area contributed by atoms with E-state index in [0.29, 0.717) is 36.3 Å². The van der Waals surface area contributed by atoms with Gasteiger partial charge in [-0.25, -0.2) is 4.39 Å². The summed E-state index contributed by atoms with van der Waals surface area (Å²) >= 11 is 0. The SMILES string of the molecule is CN(C(=O)c1ccc2c(c1)CCCN2C(=O)c1ccc(O)cc1O)c1cccc(F)c1. The molecule has 3 aromatic carbocycles. The predicted molar refractivity (Wildman–Crippen MR) is 115 cm³/mol. The summed E-state index contributed by atoms with van der Waals surface area (Å²) in [6, 6.07) is 14.8. The van der Waals surface area contributed by atoms with Gasteiger partial charge in [0.05, 0.1) is 5.56 Å². The number of phenolic OH excluding ortho intramolecular Hbond substituents is 2. The first kappa shape index (κ1) is 20.4. The number of carbonyl (C=O) groups excluding carboxylic acids is 2. The van der Waals surface area contributed by atoms with Gasteiger partial charge < -0.3 is 20.0 Å². The molecule has 0 fully saturated rings. The van der Waals surface area contributed by atoms with E-state index in [9.17, 15) is 24.2 Å². The second kappa shape index (κ2) is 8.10. The van der Waals surface area contributed by atoms with Crippen LogP contribution in [0, 0.1) is 5.82 Å². The largest absolute Gasteiger partial charge is 0.508 e. The lowest BCUT2D eigenvalue weighted by Gasteiger charge is -2.30. The molecule has 1 aliphatic heterocycles. The molecule has 0 bridgehead atoms. The molecule has 0 atom stereocenters. The Morgan fingerprint density at radius 3 is 2.58 bits per heavy atom. The van der Waals surface area contributed by atoms with Gasteiger partial charge in [0, 0.05) is 36.6 Å². The number of nitrogens with zero attached hydrogens (tertiary/aromatic N) is 2. The van der Waals surface area contributed by atoms with Crippen LogP contribution in [0.3, 0.4) is 0 Å². The van der Waals surface area contributed by atoms with Crippen molar-refractivity contribution in [2.24, 2.45) is 0 Å². The minimum Gasteiger partial charge on any atom is -0.508 e. The van der Waals surface area contributed by atoms with Crippen LogP contribution in [0.2, 0.25) is 0 Å². The van der Waals surface area contributed by atoms with Crippen LogP contribution in [0.15, 0.2) is 60.7 Å². The predicted octanol–water partition coefficient (Wildman–Crippen LogP) is 4.11. The molecule has 0 aliphatic carbocycles. The number of fused-ring (bicyclic) bond motifs is 1. The minimum atomic E-state index is -0.422. The number of aryl methyl sites for hydroxylation is 1. The van der Waals surface area contributed by atoms with Crippen molar-refractivity contribution in [1.29, 1.82) is 0 Å². The van der Waals surface area contributed by atoms with Crippen molar-refractivity contribution < 1.29 is 24.2 Å². The van der Waals surface area contributed by atoms with E-state index in [-0.39, 0.29) is 28.9 Å². The van der Waals surface area contributed by atoms with E-state index in [1.165, 1.54) is 29.2 Å². The first-order valence-corrected chi connectivity index (χ1v) is 9.85. The summed E-state index contributed by atoms with van der Waals surface area (Å²) in [6.45, 7) is 0.475. The molecule has 4 rings (SSSR count). The van der Waals surface area contributed by atoms with Crippen molar-refractivity contribution in [3.63, 3.8) is 0 Å². The third kappa shape index (κ3) is 3.94. The maximum atomic E-state index is 13.5. The zero-order valence-electron chi connectivity index (χ0n) is 16.9. The number of benzene rings is 3. The van der Waals surface area contributed by atoms with E-state index in [1.807, 2.05) is 0 Å². The van der Waals surface area contributed by atoms with Crippen LogP contribution < -0.4 is 9.80 Å². The van der Waals surface area contributed by atoms with Crippen LogP contribution in [0.1, 0.15) is 32.7 Å². The number of amides is 2. The molecule has 0 saturated carbocycles. The van der Waals surface area contributed by atoms with Crippen molar-refractivity contribution in [3.8, 4) is 11.5 Å². The number of halogens is 1. The zero-order valence-corrected chi connectivity index (χ0v) is 16.9. The monoisotopic (exact) mass is 420 g/mol. The topological polar surface area (TPSA) is 81.1 Å². The van der Waals surface area contributed by atoms with Gasteiger partial charge in [0.1, 0.15) is 17.3 Å². The summed E-state index contributed by atoms with van der Waals surface area (Å²) in [6.07, 6.45) is 1.40. The van der Waals surface area contributed by atoms with Crippen LogP contribution in [-0.2, 0) is 6.42 Å². The average Bonchev–Trinajstić information content (AvgIpc) is 2.77. The van der Waals surface area contributed by atoms with Gasteiger partial charge in [0.15, 0.2) is 0 Å². The second-order valence-electron chi connectivity index (χ2n) is 7.45. The van der Waals surface area contributed by atoms with Gasteiger partial charge in [-0.05, 0) is 66.9 Å². The fraction of sp³-hybridized carbons (Fsp3) is 0.167. The number of hydrogen-bond acceptors (Lipinski definition) is 4. The Morgan fingerprint density at radius 1 is 1.03 bits per heavy atom. The number of rotatable bonds is 3. The van der Waals surface area contributed by atoms with Gasteiger partial charge in [0.25, 0.3) is 11.8 Å². The highest BCUT2D eigenvalue weighted by Crippen LogP contribution is 2.32. The molecule has 0 saturated heterocycles. The van der Waals surface area contributed by atoms with Crippen molar-refractivity contribution in [2.45, 2.75) is 12.8 Å². The van der Waals surface area contributed by atoms with Crippen LogP contribution >= 0.6 is 0 Å². The lowest BCUT2D eigenvalue weighted by atomic mass is 9.97. The first-order valence-electron chi connectivity index (χ1n) is 9.85. The zero-order chi connectivity index (χ0) is 22.1. The van der Waals surface area contributed by atoms with Crippen LogP contribution in [0.4, 0.5) is 15.8 Å². The lowest BCUT2D eigenvalue weighted by Crippen LogP contribution is -2.35. The molecule has 2 amide bonds. The van der Waals surface area contributed by atoms with E-state index in [0.717, 1.165) is 11.6 Å². The maximum Gasteiger partial charge on any atom is 0.262 e. The number of carbonyl (C=O) groups is 2. The van der Waals surface area contributed by atoms with Gasteiger partial charge in [-0.3, -0.25) is 9.59 Å². The van der Waals surface area contributed by atoms with Gasteiger partial charge in [-0.1, -0.05) is 6.07 Å². The standard InChI is InChI=1S/C24H21FN2O4/c1-26(18-6-2-5-17(25)13-18)23(30)16-7-10-21-15(12-16)4-3-11-27(21)24(31)20-9-8-19(28)14-22(20)29/h2,5-10,12-14,28-29H,3-4,11H2,1H3. The Kier molecular flexibility index (Phi) is 5.33. The van der Waals surface area contributed by atoms with Gasteiger partial charge in [0.2, 0.25) is 0 Å². The van der Waals surface area contributed by atoms with E-state index < -0.39 is 5.82 Å². The van der Waals surface area contributed by atoms with Crippen molar-refractivity contribution in [2.75, 3.05) is 23.4 Å². The Balaban J connectivity index is 1.62. The van der Waals surface area contributed by atoms with E-state index in [4.69, 9.17) is 0 Å². The van der Waals surface area contributed by atoms with E-state index >= 15 is 0 Å². The summed E-state index contributed by atoms with van der Waals surface area (Å²) in [5.74, 6) is -1.50. The Hall–Kier alpha value is -3.87. The molecule has 0 aromatic heterocycles. The normalized spacial score (nSPS) is 12.9. The minimum absolute atomic E-state index is 0.0941. The lowest BCUT2D eigenvalue weighted by molar-refractivity contribution is 0.0980. The van der Waals surface area contributed by atoms with Crippen molar-refractivity contribution in [3.05, 3.63) is 83.2 Å². The summed E-state index contributed by atoms with van der Waals surface area (Å²) in [4.78, 5) is 28.9. The third-order valence-electron chi connectivity index (χ3n) is 5.40. The number of hydrogen-bond donors (Lipinski definition) is 2. The van der Waals surface area contributed by atoms with E-state index in [1.54, 1.807) is 42.3 Å². The van der Waals surface area contributed by atoms with Crippen molar-refractivity contribution in [1.82, 2.24) is 0 Å². The summed E-state index contributed by atoms with van der Waals surface area (Å²) in [7, 11) is 1.58. The van der Waals surface area contributed by atoms with Gasteiger partial charge >= 0.3 is 0 Å². The van der Waals surface area contributed by atoms with Gasteiger partial charge in [-0.2, -0.15) is 0 Å². The number of phenols is 2.